The van der Waals surface area contributed by atoms with Crippen LogP contribution in [0.4, 0.5) is 0 Å². The highest BCUT2D eigenvalue weighted by atomic mass is 16.2. The van der Waals surface area contributed by atoms with E-state index < -0.39 is 0 Å². The molecule has 0 aromatic heterocycles. The number of ketones is 2. The molecular formula is C12H18O2. The normalized spacial score (nSPS) is 18.6. The predicted molar refractivity (Wildman–Crippen MR) is 56.0 cm³/mol. The molecule has 0 unspecified atom stereocenters. The number of allylic oxidation sites excluding steroid dienone is 1. The predicted octanol–water partition coefficient (Wildman–Crippen LogP) is 2.67. The van der Waals surface area contributed by atoms with E-state index in [2.05, 4.69) is 6.58 Å². The first-order valence-corrected chi connectivity index (χ1v) is 5.42. The van der Waals surface area contributed by atoms with Gasteiger partial charge in [0.2, 0.25) is 0 Å². The highest BCUT2D eigenvalue weighted by molar-refractivity contribution is 6.04. The Bertz CT molecular complexity index is 214. The number of hydrogen-bond donors (Lipinski definition) is 0. The van der Waals surface area contributed by atoms with Crippen molar-refractivity contribution in [1.82, 2.24) is 0 Å². The molecule has 0 radical (unpaired) electrons. The number of rotatable bonds is 5. The number of carbonyl (C=O) groups excluding carboxylic acids is 2. The quantitative estimate of drug-likeness (QED) is 0.383. The van der Waals surface area contributed by atoms with Crippen molar-refractivity contribution in [2.24, 2.45) is 5.92 Å². The standard InChI is InChI=1S/C12H18O2/c1-2-3-4-5-7-10-11(13)8-6-9-12(10)14/h2,10H,1,3-9H2. The van der Waals surface area contributed by atoms with Crippen LogP contribution in [0, 0.1) is 5.92 Å². The smallest absolute Gasteiger partial charge is 0.143 e. The van der Waals surface area contributed by atoms with Crippen LogP contribution in [0.25, 0.3) is 0 Å². The van der Waals surface area contributed by atoms with Gasteiger partial charge in [-0.1, -0.05) is 12.5 Å². The van der Waals surface area contributed by atoms with Crippen LogP contribution in [0.1, 0.15) is 44.9 Å². The van der Waals surface area contributed by atoms with Crippen LogP contribution in [0.15, 0.2) is 12.7 Å². The molecule has 1 rings (SSSR count). The summed E-state index contributed by atoms with van der Waals surface area (Å²) in [6.45, 7) is 3.64. The molecule has 1 saturated carbocycles. The Morgan fingerprint density at radius 1 is 1.21 bits per heavy atom. The minimum Gasteiger partial charge on any atom is -0.299 e. The van der Waals surface area contributed by atoms with Crippen LogP contribution < -0.4 is 0 Å². The molecule has 14 heavy (non-hydrogen) atoms. The van der Waals surface area contributed by atoms with E-state index in [0.29, 0.717) is 12.8 Å². The van der Waals surface area contributed by atoms with Crippen molar-refractivity contribution in [3.8, 4) is 0 Å². The average Bonchev–Trinajstić information content (AvgIpc) is 2.16. The van der Waals surface area contributed by atoms with Gasteiger partial charge in [-0.25, -0.2) is 0 Å². The molecule has 0 aromatic rings. The van der Waals surface area contributed by atoms with Crippen LogP contribution in [0.2, 0.25) is 0 Å². The lowest BCUT2D eigenvalue weighted by atomic mass is 9.83. The van der Waals surface area contributed by atoms with Crippen molar-refractivity contribution >= 4 is 11.6 Å². The molecule has 2 heteroatoms. The number of hydrogen-bond acceptors (Lipinski definition) is 2. The third-order valence-corrected chi connectivity index (χ3v) is 2.77. The Kier molecular flexibility index (Phi) is 4.57. The molecular weight excluding hydrogens is 176 g/mol. The minimum atomic E-state index is -0.270. The third-order valence-electron chi connectivity index (χ3n) is 2.77. The Balaban J connectivity index is 2.29. The Morgan fingerprint density at radius 3 is 2.43 bits per heavy atom. The molecule has 78 valence electrons. The zero-order valence-corrected chi connectivity index (χ0v) is 8.63. The van der Waals surface area contributed by atoms with Crippen LogP contribution >= 0.6 is 0 Å². The van der Waals surface area contributed by atoms with E-state index in [1.165, 1.54) is 0 Å². The van der Waals surface area contributed by atoms with E-state index in [-0.39, 0.29) is 17.5 Å². The molecule has 1 aliphatic carbocycles. The number of carbonyl (C=O) groups is 2. The van der Waals surface area contributed by atoms with Crippen molar-refractivity contribution in [2.75, 3.05) is 0 Å². The minimum absolute atomic E-state index is 0.167. The maximum Gasteiger partial charge on any atom is 0.143 e. The monoisotopic (exact) mass is 194 g/mol. The van der Waals surface area contributed by atoms with Gasteiger partial charge in [0.1, 0.15) is 11.6 Å². The molecule has 0 N–H and O–H groups in total. The van der Waals surface area contributed by atoms with Crippen LogP contribution in [-0.4, -0.2) is 11.6 Å². The molecule has 1 aliphatic rings. The second-order valence-electron chi connectivity index (χ2n) is 3.91. The fourth-order valence-electron chi connectivity index (χ4n) is 1.92. The first-order valence-electron chi connectivity index (χ1n) is 5.42. The van der Waals surface area contributed by atoms with Gasteiger partial charge in [0.25, 0.3) is 0 Å². The van der Waals surface area contributed by atoms with Gasteiger partial charge < -0.3 is 0 Å². The van der Waals surface area contributed by atoms with Crippen molar-refractivity contribution < 1.29 is 9.59 Å². The maximum absolute atomic E-state index is 11.4. The topological polar surface area (TPSA) is 34.1 Å². The largest absolute Gasteiger partial charge is 0.299 e. The lowest BCUT2D eigenvalue weighted by molar-refractivity contribution is -0.135. The van der Waals surface area contributed by atoms with E-state index in [9.17, 15) is 9.59 Å². The fraction of sp³-hybridized carbons (Fsp3) is 0.667. The van der Waals surface area contributed by atoms with Crippen molar-refractivity contribution in [3.05, 3.63) is 12.7 Å². The molecule has 0 bridgehead atoms. The highest BCUT2D eigenvalue weighted by Gasteiger charge is 2.28. The van der Waals surface area contributed by atoms with E-state index in [1.807, 2.05) is 6.08 Å². The summed E-state index contributed by atoms with van der Waals surface area (Å²) in [5.41, 5.74) is 0. The van der Waals surface area contributed by atoms with Crippen LogP contribution in [0.3, 0.4) is 0 Å². The third kappa shape index (κ3) is 3.09. The average molecular weight is 194 g/mol. The number of Topliss-reactive ketones (excluding diaryl/α,β-unsaturated/α-hetero) is 2. The summed E-state index contributed by atoms with van der Waals surface area (Å²) >= 11 is 0. The molecule has 0 amide bonds. The Hall–Kier alpha value is -0.920. The molecule has 0 heterocycles. The summed E-state index contributed by atoms with van der Waals surface area (Å²) in [5, 5.41) is 0. The number of unbranched alkanes of at least 4 members (excludes halogenated alkanes) is 2. The Labute approximate surface area is 85.4 Å². The molecule has 0 spiro atoms. The van der Waals surface area contributed by atoms with Crippen molar-refractivity contribution in [1.29, 1.82) is 0 Å². The van der Waals surface area contributed by atoms with Crippen molar-refractivity contribution in [2.45, 2.75) is 44.9 Å². The molecule has 0 saturated heterocycles. The molecule has 2 nitrogen and oxygen atoms in total. The molecule has 1 fully saturated rings. The Morgan fingerprint density at radius 2 is 1.86 bits per heavy atom. The molecule has 0 aromatic carbocycles. The lowest BCUT2D eigenvalue weighted by Gasteiger charge is -2.18. The lowest BCUT2D eigenvalue weighted by Crippen LogP contribution is -2.28. The zero-order chi connectivity index (χ0) is 10.4. The van der Waals surface area contributed by atoms with Gasteiger partial charge in [0, 0.05) is 12.8 Å². The summed E-state index contributed by atoms with van der Waals surface area (Å²) < 4.78 is 0. The summed E-state index contributed by atoms with van der Waals surface area (Å²) in [4.78, 5) is 22.9. The summed E-state index contributed by atoms with van der Waals surface area (Å²) in [6.07, 6.45) is 7.61. The molecule has 0 aliphatic heterocycles. The van der Waals surface area contributed by atoms with Gasteiger partial charge in [0.15, 0.2) is 0 Å². The van der Waals surface area contributed by atoms with E-state index in [0.717, 1.165) is 32.1 Å². The van der Waals surface area contributed by atoms with Crippen LogP contribution in [-0.2, 0) is 9.59 Å². The van der Waals surface area contributed by atoms with Crippen molar-refractivity contribution in [3.63, 3.8) is 0 Å². The second kappa shape index (κ2) is 5.74. The van der Waals surface area contributed by atoms with Gasteiger partial charge in [-0.2, -0.15) is 0 Å². The SMILES string of the molecule is C=CCCCCC1C(=O)CCCC1=O. The highest BCUT2D eigenvalue weighted by Crippen LogP contribution is 2.22. The van der Waals surface area contributed by atoms with Gasteiger partial charge in [-0.15, -0.1) is 6.58 Å². The zero-order valence-electron chi connectivity index (χ0n) is 8.63. The fourth-order valence-corrected chi connectivity index (χ4v) is 1.92. The van der Waals surface area contributed by atoms with E-state index in [4.69, 9.17) is 0 Å². The van der Waals surface area contributed by atoms with Gasteiger partial charge >= 0.3 is 0 Å². The van der Waals surface area contributed by atoms with Gasteiger partial charge in [-0.05, 0) is 25.7 Å². The second-order valence-corrected chi connectivity index (χ2v) is 3.91. The summed E-state index contributed by atoms with van der Waals surface area (Å²) in [7, 11) is 0. The first kappa shape index (κ1) is 11.2. The van der Waals surface area contributed by atoms with E-state index >= 15 is 0 Å². The van der Waals surface area contributed by atoms with Crippen LogP contribution in [0.5, 0.6) is 0 Å². The maximum atomic E-state index is 11.4. The molecule has 0 atom stereocenters. The first-order chi connectivity index (χ1) is 6.75. The summed E-state index contributed by atoms with van der Waals surface area (Å²) in [6, 6.07) is 0. The van der Waals surface area contributed by atoms with E-state index in [1.54, 1.807) is 0 Å². The van der Waals surface area contributed by atoms with Gasteiger partial charge in [0.05, 0.1) is 5.92 Å². The summed E-state index contributed by atoms with van der Waals surface area (Å²) in [5.74, 6) is 0.0632. The van der Waals surface area contributed by atoms with Gasteiger partial charge in [-0.3, -0.25) is 9.59 Å².